The second-order valence-electron chi connectivity index (χ2n) is 7.33. The van der Waals surface area contributed by atoms with Crippen LogP contribution in [0.3, 0.4) is 0 Å². The highest BCUT2D eigenvalue weighted by Gasteiger charge is 2.17. The number of nitrogens with one attached hydrogen (secondary N) is 1. The second kappa shape index (κ2) is 8.82. The maximum atomic E-state index is 12.4. The van der Waals surface area contributed by atoms with Crippen LogP contribution in [0.1, 0.15) is 43.3 Å². The summed E-state index contributed by atoms with van der Waals surface area (Å²) in [6.45, 7) is 6.30. The molecule has 7 heteroatoms. The summed E-state index contributed by atoms with van der Waals surface area (Å²) in [7, 11) is 1.84. The lowest BCUT2D eigenvalue weighted by Gasteiger charge is -2.22. The zero-order chi connectivity index (χ0) is 21.8. The van der Waals surface area contributed by atoms with Gasteiger partial charge in [0.1, 0.15) is 5.76 Å². The fourth-order valence-electron chi connectivity index (χ4n) is 3.28. The molecule has 3 rings (SSSR count). The number of carboxylic acid groups (broad SMARTS) is 1. The number of aromatic carboxylic acids is 1. The molecule has 0 aliphatic rings. The normalized spacial score (nSPS) is 10.7. The number of carboxylic acids is 1. The van der Waals surface area contributed by atoms with Crippen LogP contribution < -0.4 is 10.2 Å². The van der Waals surface area contributed by atoms with E-state index in [1.807, 2.05) is 44.9 Å². The van der Waals surface area contributed by atoms with Gasteiger partial charge in [-0.2, -0.15) is 0 Å². The Labute approximate surface area is 175 Å². The molecule has 1 heterocycles. The van der Waals surface area contributed by atoms with Crippen molar-refractivity contribution >= 4 is 23.3 Å². The van der Waals surface area contributed by atoms with Gasteiger partial charge in [-0.1, -0.05) is 22.9 Å². The minimum absolute atomic E-state index is 0.123. The quantitative estimate of drug-likeness (QED) is 0.609. The third-order valence-electron chi connectivity index (χ3n) is 5.09. The first-order valence-electron chi connectivity index (χ1n) is 9.64. The first-order valence-corrected chi connectivity index (χ1v) is 9.64. The van der Waals surface area contributed by atoms with Gasteiger partial charge in [-0.15, -0.1) is 0 Å². The molecule has 3 aromatic rings. The second-order valence-corrected chi connectivity index (χ2v) is 7.33. The molecule has 1 aromatic heterocycles. The predicted octanol–water partition coefficient (Wildman–Crippen LogP) is 4.23. The van der Waals surface area contributed by atoms with Crippen molar-refractivity contribution in [2.45, 2.75) is 27.2 Å². The van der Waals surface area contributed by atoms with Gasteiger partial charge >= 0.3 is 5.97 Å². The fourth-order valence-corrected chi connectivity index (χ4v) is 3.28. The van der Waals surface area contributed by atoms with Gasteiger partial charge in [-0.3, -0.25) is 4.79 Å². The third-order valence-corrected chi connectivity index (χ3v) is 5.09. The summed E-state index contributed by atoms with van der Waals surface area (Å²) in [5.74, 6) is -0.569. The van der Waals surface area contributed by atoms with E-state index in [4.69, 9.17) is 4.52 Å². The van der Waals surface area contributed by atoms with Gasteiger partial charge in [0.25, 0.3) is 5.91 Å². The van der Waals surface area contributed by atoms with E-state index in [-0.39, 0.29) is 11.5 Å². The zero-order valence-corrected chi connectivity index (χ0v) is 17.5. The molecule has 0 saturated heterocycles. The van der Waals surface area contributed by atoms with Crippen molar-refractivity contribution in [2.75, 3.05) is 23.8 Å². The number of hydrogen-bond donors (Lipinski definition) is 2. The van der Waals surface area contributed by atoms with Gasteiger partial charge in [0.15, 0.2) is 0 Å². The minimum atomic E-state index is -1.05. The van der Waals surface area contributed by atoms with Crippen LogP contribution in [0, 0.1) is 20.8 Å². The van der Waals surface area contributed by atoms with E-state index in [1.54, 1.807) is 24.3 Å². The van der Waals surface area contributed by atoms with Gasteiger partial charge < -0.3 is 19.8 Å². The van der Waals surface area contributed by atoms with Gasteiger partial charge in [-0.05, 0) is 57.5 Å². The molecule has 0 fully saturated rings. The SMILES string of the molecule is Cc1ccc(C(=O)Nc2ccc(N(C)CCc3c(C)noc3C)c(C(=O)O)c2)cc1. The van der Waals surface area contributed by atoms with Crippen LogP contribution in [0.25, 0.3) is 0 Å². The highest BCUT2D eigenvalue weighted by atomic mass is 16.5. The van der Waals surface area contributed by atoms with Crippen LogP contribution in [0.2, 0.25) is 0 Å². The van der Waals surface area contributed by atoms with Crippen LogP contribution in [0.4, 0.5) is 11.4 Å². The number of likely N-dealkylation sites (N-methyl/N-ethyl adjacent to an activating group) is 1. The summed E-state index contributed by atoms with van der Waals surface area (Å²) >= 11 is 0. The van der Waals surface area contributed by atoms with E-state index < -0.39 is 5.97 Å². The number of hydrogen-bond acceptors (Lipinski definition) is 5. The molecular formula is C23H25N3O4. The Kier molecular flexibility index (Phi) is 6.20. The summed E-state index contributed by atoms with van der Waals surface area (Å²) in [5.41, 5.74) is 4.57. The molecule has 0 spiro atoms. The molecule has 7 nitrogen and oxygen atoms in total. The molecule has 0 saturated carbocycles. The molecule has 1 amide bonds. The Morgan fingerprint density at radius 2 is 1.80 bits per heavy atom. The Morgan fingerprint density at radius 1 is 1.10 bits per heavy atom. The zero-order valence-electron chi connectivity index (χ0n) is 17.5. The Balaban J connectivity index is 1.76. The Hall–Kier alpha value is -3.61. The number of aromatic nitrogens is 1. The monoisotopic (exact) mass is 407 g/mol. The van der Waals surface area contributed by atoms with Crippen molar-refractivity contribution < 1.29 is 19.2 Å². The maximum absolute atomic E-state index is 12.4. The predicted molar refractivity (Wildman–Crippen MR) is 115 cm³/mol. The van der Waals surface area contributed by atoms with Crippen LogP contribution in [0.5, 0.6) is 0 Å². The largest absolute Gasteiger partial charge is 0.478 e. The van der Waals surface area contributed by atoms with Crippen LogP contribution in [-0.2, 0) is 6.42 Å². The molecule has 0 aliphatic carbocycles. The highest BCUT2D eigenvalue weighted by Crippen LogP contribution is 2.25. The van der Waals surface area contributed by atoms with Gasteiger partial charge in [0.05, 0.1) is 16.9 Å². The van der Waals surface area contributed by atoms with E-state index in [9.17, 15) is 14.7 Å². The molecule has 2 aromatic carbocycles. The number of nitrogens with zero attached hydrogens (tertiary/aromatic N) is 2. The smallest absolute Gasteiger partial charge is 0.337 e. The molecule has 0 bridgehead atoms. The topological polar surface area (TPSA) is 95.7 Å². The minimum Gasteiger partial charge on any atom is -0.478 e. The third kappa shape index (κ3) is 4.68. The van der Waals surface area contributed by atoms with E-state index in [1.165, 1.54) is 6.07 Å². The fraction of sp³-hybridized carbons (Fsp3) is 0.261. The summed E-state index contributed by atoms with van der Waals surface area (Å²) in [6.07, 6.45) is 0.683. The van der Waals surface area contributed by atoms with Crippen molar-refractivity contribution in [3.05, 3.63) is 76.2 Å². The van der Waals surface area contributed by atoms with E-state index in [0.717, 1.165) is 22.6 Å². The average Bonchev–Trinajstić information content (AvgIpc) is 3.04. The molecule has 2 N–H and O–H groups in total. The number of aryl methyl sites for hydroxylation is 3. The Morgan fingerprint density at radius 3 is 2.40 bits per heavy atom. The Bertz CT molecular complexity index is 1050. The summed E-state index contributed by atoms with van der Waals surface area (Å²) < 4.78 is 5.19. The number of anilines is 2. The summed E-state index contributed by atoms with van der Waals surface area (Å²) in [4.78, 5) is 26.2. The first kappa shape index (κ1) is 21.1. The molecule has 0 atom stereocenters. The van der Waals surface area contributed by atoms with E-state index in [0.29, 0.717) is 29.9 Å². The van der Waals surface area contributed by atoms with Crippen LogP contribution >= 0.6 is 0 Å². The van der Waals surface area contributed by atoms with Gasteiger partial charge in [0, 0.05) is 30.4 Å². The number of carbonyl (C=O) groups excluding carboxylic acids is 1. The average molecular weight is 407 g/mol. The van der Waals surface area contributed by atoms with E-state index in [2.05, 4.69) is 10.5 Å². The number of carbonyl (C=O) groups is 2. The van der Waals surface area contributed by atoms with Gasteiger partial charge in [-0.25, -0.2) is 4.79 Å². The summed E-state index contributed by atoms with van der Waals surface area (Å²) in [6, 6.07) is 12.1. The molecule has 0 radical (unpaired) electrons. The first-order chi connectivity index (χ1) is 14.3. The van der Waals surface area contributed by atoms with E-state index >= 15 is 0 Å². The molecular weight excluding hydrogens is 382 g/mol. The molecule has 0 aliphatic heterocycles. The molecule has 30 heavy (non-hydrogen) atoms. The van der Waals surface area contributed by atoms with Crippen molar-refractivity contribution in [2.24, 2.45) is 0 Å². The van der Waals surface area contributed by atoms with Crippen molar-refractivity contribution in [3.8, 4) is 0 Å². The number of rotatable bonds is 7. The lowest BCUT2D eigenvalue weighted by atomic mass is 10.1. The van der Waals surface area contributed by atoms with Crippen molar-refractivity contribution in [1.82, 2.24) is 5.16 Å². The summed E-state index contributed by atoms with van der Waals surface area (Å²) in [5, 5.41) is 16.4. The van der Waals surface area contributed by atoms with Crippen LogP contribution in [-0.4, -0.2) is 35.7 Å². The lowest BCUT2D eigenvalue weighted by molar-refractivity contribution is 0.0697. The standard InChI is InChI=1S/C23H25N3O4/c1-14-5-7-17(8-6-14)22(27)24-18-9-10-21(20(13-18)23(28)29)26(4)12-11-19-15(2)25-30-16(19)3/h5-10,13H,11-12H2,1-4H3,(H,24,27)(H,28,29). The van der Waals surface area contributed by atoms with Crippen molar-refractivity contribution in [1.29, 1.82) is 0 Å². The van der Waals surface area contributed by atoms with Crippen molar-refractivity contribution in [3.63, 3.8) is 0 Å². The highest BCUT2D eigenvalue weighted by molar-refractivity contribution is 6.05. The van der Waals surface area contributed by atoms with Crippen LogP contribution in [0.15, 0.2) is 47.0 Å². The number of amides is 1. The lowest BCUT2D eigenvalue weighted by Crippen LogP contribution is -2.23. The van der Waals surface area contributed by atoms with Gasteiger partial charge in [0.2, 0.25) is 0 Å². The number of benzene rings is 2. The molecule has 0 unspecified atom stereocenters. The maximum Gasteiger partial charge on any atom is 0.337 e. The molecule has 156 valence electrons.